The van der Waals surface area contributed by atoms with Gasteiger partial charge in [0, 0.05) is 18.9 Å². The van der Waals surface area contributed by atoms with Crippen molar-refractivity contribution in [2.24, 2.45) is 10.7 Å². The molecule has 0 radical (unpaired) electrons. The summed E-state index contributed by atoms with van der Waals surface area (Å²) in [5, 5.41) is 0.600. The highest BCUT2D eigenvalue weighted by Gasteiger charge is 2.47. The summed E-state index contributed by atoms with van der Waals surface area (Å²) in [6, 6.07) is 0. The maximum Gasteiger partial charge on any atom is 0.191 e. The lowest BCUT2D eigenvalue weighted by molar-refractivity contribution is 0.121. The fraction of sp³-hybridized carbons (Fsp3) is 0.909. The lowest BCUT2D eigenvalue weighted by atomic mass is 9.88. The predicted molar refractivity (Wildman–Crippen MR) is 69.0 cm³/mol. The molecule has 1 fully saturated rings. The number of hydrogen-bond donors (Lipinski definition) is 1. The minimum Gasteiger partial charge on any atom is -0.383 e. The molecule has 92 valence electrons. The molecule has 4 nitrogen and oxygen atoms in total. The van der Waals surface area contributed by atoms with Crippen LogP contribution in [0.3, 0.4) is 0 Å². The van der Waals surface area contributed by atoms with Crippen LogP contribution in [-0.2, 0) is 4.74 Å². The minimum atomic E-state index is 0.158. The molecule has 1 spiro atoms. The fourth-order valence-corrected chi connectivity index (χ4v) is 3.99. The molecular weight excluding hydrogens is 222 g/mol. The van der Waals surface area contributed by atoms with E-state index in [0.29, 0.717) is 11.2 Å². The van der Waals surface area contributed by atoms with Gasteiger partial charge in [0.2, 0.25) is 0 Å². The van der Waals surface area contributed by atoms with Crippen molar-refractivity contribution < 1.29 is 4.74 Å². The van der Waals surface area contributed by atoms with E-state index in [2.05, 4.69) is 16.8 Å². The van der Waals surface area contributed by atoms with Gasteiger partial charge in [-0.2, -0.15) is 11.8 Å². The standard InChI is InChI=1S/C11H21N3OS/c1-9-11(4-3-7-16-9)8-13-10(12)14(11)5-6-15-2/h9H,3-8H2,1-2H3,(H2,12,13). The molecule has 2 aliphatic heterocycles. The number of guanidine groups is 1. The van der Waals surface area contributed by atoms with Crippen LogP contribution in [-0.4, -0.2) is 54.2 Å². The van der Waals surface area contributed by atoms with Crippen molar-refractivity contribution in [1.29, 1.82) is 0 Å². The summed E-state index contributed by atoms with van der Waals surface area (Å²) < 4.78 is 5.16. The zero-order valence-corrected chi connectivity index (χ0v) is 10.9. The molecule has 0 aromatic rings. The molecule has 0 aliphatic carbocycles. The third-order valence-electron chi connectivity index (χ3n) is 3.73. The first-order chi connectivity index (χ1) is 7.70. The van der Waals surface area contributed by atoms with Gasteiger partial charge in [0.05, 0.1) is 18.7 Å². The predicted octanol–water partition coefficient (Wildman–Crippen LogP) is 0.917. The van der Waals surface area contributed by atoms with Crippen LogP contribution in [0.1, 0.15) is 19.8 Å². The lowest BCUT2D eigenvalue weighted by Gasteiger charge is -2.46. The van der Waals surface area contributed by atoms with E-state index in [-0.39, 0.29) is 5.54 Å². The Kier molecular flexibility index (Phi) is 3.64. The van der Waals surface area contributed by atoms with E-state index in [1.165, 1.54) is 18.6 Å². The van der Waals surface area contributed by atoms with Crippen molar-refractivity contribution in [3.05, 3.63) is 0 Å². The van der Waals surface area contributed by atoms with Gasteiger partial charge in [0.15, 0.2) is 5.96 Å². The molecule has 0 amide bonds. The lowest BCUT2D eigenvalue weighted by Crippen LogP contribution is -2.59. The Morgan fingerprint density at radius 2 is 2.50 bits per heavy atom. The molecule has 0 saturated carbocycles. The van der Waals surface area contributed by atoms with E-state index in [4.69, 9.17) is 10.5 Å². The van der Waals surface area contributed by atoms with E-state index < -0.39 is 0 Å². The Morgan fingerprint density at radius 1 is 1.69 bits per heavy atom. The van der Waals surface area contributed by atoms with Gasteiger partial charge in [-0.3, -0.25) is 4.99 Å². The van der Waals surface area contributed by atoms with Crippen LogP contribution in [0, 0.1) is 0 Å². The number of methoxy groups -OCH3 is 1. The Labute approximate surface area is 102 Å². The molecule has 2 heterocycles. The maximum absolute atomic E-state index is 6.00. The average Bonchev–Trinajstić information content (AvgIpc) is 2.59. The minimum absolute atomic E-state index is 0.158. The normalized spacial score (nSPS) is 34.5. The van der Waals surface area contributed by atoms with Crippen LogP contribution in [0.4, 0.5) is 0 Å². The topological polar surface area (TPSA) is 50.9 Å². The second kappa shape index (κ2) is 4.84. The van der Waals surface area contributed by atoms with Crippen LogP contribution in [0.15, 0.2) is 4.99 Å². The van der Waals surface area contributed by atoms with Gasteiger partial charge in [0.1, 0.15) is 0 Å². The number of nitrogens with zero attached hydrogens (tertiary/aromatic N) is 2. The Balaban J connectivity index is 2.12. The molecule has 0 aromatic carbocycles. The highest BCUT2D eigenvalue weighted by atomic mass is 32.2. The molecular formula is C11H21N3OS. The molecule has 0 bridgehead atoms. The number of thioether (sulfide) groups is 1. The van der Waals surface area contributed by atoms with Crippen LogP contribution in [0.2, 0.25) is 0 Å². The third-order valence-corrected chi connectivity index (χ3v) is 5.19. The number of hydrogen-bond acceptors (Lipinski definition) is 5. The summed E-state index contributed by atoms with van der Waals surface area (Å²) in [4.78, 5) is 6.72. The number of nitrogens with two attached hydrogens (primary N) is 1. The molecule has 2 N–H and O–H groups in total. The number of rotatable bonds is 3. The zero-order chi connectivity index (χ0) is 11.6. The summed E-state index contributed by atoms with van der Waals surface area (Å²) in [6.45, 7) is 4.74. The largest absolute Gasteiger partial charge is 0.383 e. The highest BCUT2D eigenvalue weighted by Crippen LogP contribution is 2.40. The van der Waals surface area contributed by atoms with Crippen molar-refractivity contribution in [3.8, 4) is 0 Å². The van der Waals surface area contributed by atoms with E-state index in [1.807, 2.05) is 11.8 Å². The molecule has 1 saturated heterocycles. The SMILES string of the molecule is COCCN1C(N)=NCC12CCCSC2C. The quantitative estimate of drug-likeness (QED) is 0.801. The van der Waals surface area contributed by atoms with Crippen LogP contribution in [0.5, 0.6) is 0 Å². The Hall–Kier alpha value is -0.420. The highest BCUT2D eigenvalue weighted by molar-refractivity contribution is 8.00. The Bertz CT molecular complexity index is 284. The van der Waals surface area contributed by atoms with Crippen molar-refractivity contribution in [3.63, 3.8) is 0 Å². The first-order valence-corrected chi connectivity index (χ1v) is 6.94. The second-order valence-corrected chi connectivity index (χ2v) is 5.99. The molecule has 0 aromatic heterocycles. The van der Waals surface area contributed by atoms with Crippen molar-refractivity contribution >= 4 is 17.7 Å². The number of aliphatic imine (C=N–C) groups is 1. The first kappa shape index (κ1) is 12.0. The summed E-state index contributed by atoms with van der Waals surface area (Å²) >= 11 is 2.04. The van der Waals surface area contributed by atoms with Crippen LogP contribution >= 0.6 is 11.8 Å². The van der Waals surface area contributed by atoms with Gasteiger partial charge in [-0.15, -0.1) is 0 Å². The van der Waals surface area contributed by atoms with Crippen LogP contribution < -0.4 is 5.73 Å². The molecule has 2 unspecified atom stereocenters. The third kappa shape index (κ3) is 1.91. The Morgan fingerprint density at radius 3 is 3.19 bits per heavy atom. The maximum atomic E-state index is 6.00. The second-order valence-electron chi connectivity index (χ2n) is 4.54. The summed E-state index contributed by atoms with van der Waals surface area (Å²) in [6.07, 6.45) is 2.47. The van der Waals surface area contributed by atoms with E-state index in [9.17, 15) is 0 Å². The molecule has 16 heavy (non-hydrogen) atoms. The summed E-state index contributed by atoms with van der Waals surface area (Å²) in [5.74, 6) is 1.97. The monoisotopic (exact) mass is 243 g/mol. The summed E-state index contributed by atoms with van der Waals surface area (Å²) in [7, 11) is 1.73. The molecule has 2 aliphatic rings. The van der Waals surface area contributed by atoms with Crippen molar-refractivity contribution in [1.82, 2.24) is 4.90 Å². The smallest absolute Gasteiger partial charge is 0.191 e. The fourth-order valence-electron chi connectivity index (χ4n) is 2.70. The van der Waals surface area contributed by atoms with Gasteiger partial charge >= 0.3 is 0 Å². The molecule has 5 heteroatoms. The van der Waals surface area contributed by atoms with Gasteiger partial charge in [-0.05, 0) is 18.6 Å². The zero-order valence-electron chi connectivity index (χ0n) is 10.1. The number of ether oxygens (including phenoxy) is 1. The van der Waals surface area contributed by atoms with E-state index in [1.54, 1.807) is 7.11 Å². The average molecular weight is 243 g/mol. The van der Waals surface area contributed by atoms with Gasteiger partial charge in [0.25, 0.3) is 0 Å². The van der Waals surface area contributed by atoms with Crippen molar-refractivity contribution in [2.75, 3.05) is 32.6 Å². The molecule has 2 rings (SSSR count). The van der Waals surface area contributed by atoms with Crippen LogP contribution in [0.25, 0.3) is 0 Å². The summed E-state index contributed by atoms with van der Waals surface area (Å²) in [5.41, 5.74) is 6.16. The van der Waals surface area contributed by atoms with Gasteiger partial charge in [-0.1, -0.05) is 6.92 Å². The van der Waals surface area contributed by atoms with E-state index >= 15 is 0 Å². The first-order valence-electron chi connectivity index (χ1n) is 5.89. The van der Waals surface area contributed by atoms with Crippen molar-refractivity contribution in [2.45, 2.75) is 30.6 Å². The van der Waals surface area contributed by atoms with Gasteiger partial charge < -0.3 is 15.4 Å². The van der Waals surface area contributed by atoms with E-state index in [0.717, 1.165) is 19.7 Å². The molecule has 2 atom stereocenters. The van der Waals surface area contributed by atoms with Gasteiger partial charge in [-0.25, -0.2) is 0 Å².